The molecular formula is C24H23N3O7. The molecule has 176 valence electrons. The molecule has 1 fully saturated rings. The Morgan fingerprint density at radius 2 is 1.82 bits per heavy atom. The molecule has 0 unspecified atom stereocenters. The Balaban J connectivity index is 1.30. The van der Waals surface area contributed by atoms with E-state index >= 15 is 0 Å². The van der Waals surface area contributed by atoms with Crippen LogP contribution in [-0.2, 0) is 27.1 Å². The van der Waals surface area contributed by atoms with Crippen molar-refractivity contribution >= 4 is 34.7 Å². The van der Waals surface area contributed by atoms with Crippen molar-refractivity contribution in [3.05, 3.63) is 62.7 Å². The number of nitrogens with zero attached hydrogens (tertiary/aromatic N) is 3. The van der Waals surface area contributed by atoms with Gasteiger partial charge in [-0.05, 0) is 48.2 Å². The first-order valence-corrected chi connectivity index (χ1v) is 11.2. The Labute approximate surface area is 195 Å². The van der Waals surface area contributed by atoms with Gasteiger partial charge in [-0.1, -0.05) is 0 Å². The van der Waals surface area contributed by atoms with Crippen LogP contribution in [0.25, 0.3) is 0 Å². The van der Waals surface area contributed by atoms with Crippen LogP contribution in [0.4, 0.5) is 17.1 Å². The van der Waals surface area contributed by atoms with E-state index in [2.05, 4.69) is 0 Å². The number of esters is 1. The average molecular weight is 465 g/mol. The van der Waals surface area contributed by atoms with Crippen molar-refractivity contribution < 1.29 is 28.8 Å². The number of aryl methyl sites for hydroxylation is 1. The molecule has 1 amide bonds. The maximum Gasteiger partial charge on any atom is 0.338 e. The highest BCUT2D eigenvalue weighted by atomic mass is 16.6. The number of carbonyl (C=O) groups excluding carboxylic acids is 3. The molecule has 0 radical (unpaired) electrons. The van der Waals surface area contributed by atoms with E-state index in [0.717, 1.165) is 29.7 Å². The van der Waals surface area contributed by atoms with Gasteiger partial charge in [0.1, 0.15) is 5.69 Å². The highest BCUT2D eigenvalue weighted by molar-refractivity contribution is 6.06. The highest BCUT2D eigenvalue weighted by Crippen LogP contribution is 2.37. The number of morpholine rings is 1. The summed E-state index contributed by atoms with van der Waals surface area (Å²) in [5, 5.41) is 11.6. The third-order valence-corrected chi connectivity index (χ3v) is 6.42. The van der Waals surface area contributed by atoms with Gasteiger partial charge in [0.25, 0.3) is 5.69 Å². The SMILES string of the molecule is O=C(COC(=O)c1ccc(N2CCOCC2)c([N+](=O)[O-])c1)c1cc2c3c(c1)CC(=O)N3CCC2. The van der Waals surface area contributed by atoms with Gasteiger partial charge < -0.3 is 19.3 Å². The molecule has 5 rings (SSSR count). The molecule has 0 aliphatic carbocycles. The first kappa shape index (κ1) is 22.0. The summed E-state index contributed by atoms with van der Waals surface area (Å²) in [7, 11) is 0. The minimum Gasteiger partial charge on any atom is -0.454 e. The number of hydrogen-bond acceptors (Lipinski definition) is 8. The predicted octanol–water partition coefficient (Wildman–Crippen LogP) is 2.31. The number of ketones is 1. The molecule has 0 aromatic heterocycles. The van der Waals surface area contributed by atoms with Crippen molar-refractivity contribution in [3.63, 3.8) is 0 Å². The van der Waals surface area contributed by atoms with E-state index < -0.39 is 17.5 Å². The van der Waals surface area contributed by atoms with Gasteiger partial charge in [0.15, 0.2) is 12.4 Å². The van der Waals surface area contributed by atoms with Crippen molar-refractivity contribution in [2.24, 2.45) is 0 Å². The Kier molecular flexibility index (Phi) is 5.74. The lowest BCUT2D eigenvalue weighted by Crippen LogP contribution is -2.36. The minimum atomic E-state index is -0.811. The van der Waals surface area contributed by atoms with Gasteiger partial charge in [-0.2, -0.15) is 0 Å². The fourth-order valence-corrected chi connectivity index (χ4v) is 4.81. The Morgan fingerprint density at radius 3 is 2.59 bits per heavy atom. The van der Waals surface area contributed by atoms with Crippen molar-refractivity contribution in [3.8, 4) is 0 Å². The van der Waals surface area contributed by atoms with Gasteiger partial charge in [-0.25, -0.2) is 4.79 Å². The second kappa shape index (κ2) is 8.86. The lowest BCUT2D eigenvalue weighted by Gasteiger charge is -2.28. The van der Waals surface area contributed by atoms with Gasteiger partial charge in [0.2, 0.25) is 5.91 Å². The summed E-state index contributed by atoms with van der Waals surface area (Å²) in [6, 6.07) is 7.62. The van der Waals surface area contributed by atoms with Crippen LogP contribution in [0, 0.1) is 10.1 Å². The standard InChI is InChI=1S/C24H23N3O7/c28-21(17-10-15-2-1-5-26-22(29)13-18(11-17)23(15)26)14-34-24(30)16-3-4-19(20(12-16)27(31)32)25-6-8-33-9-7-25/h3-4,10-12H,1-2,5-9,13-14H2. The van der Waals surface area contributed by atoms with Crippen LogP contribution in [0.2, 0.25) is 0 Å². The second-order valence-corrected chi connectivity index (χ2v) is 8.53. The zero-order valence-corrected chi connectivity index (χ0v) is 18.5. The maximum atomic E-state index is 12.8. The Hall–Kier alpha value is -3.79. The number of amides is 1. The topological polar surface area (TPSA) is 119 Å². The number of benzene rings is 2. The summed E-state index contributed by atoms with van der Waals surface area (Å²) in [5.41, 5.74) is 3.31. The molecule has 0 spiro atoms. The second-order valence-electron chi connectivity index (χ2n) is 8.53. The van der Waals surface area contributed by atoms with E-state index in [1.165, 1.54) is 18.2 Å². The molecule has 3 aliphatic rings. The number of nitro groups is 1. The molecule has 3 heterocycles. The molecule has 0 atom stereocenters. The summed E-state index contributed by atoms with van der Waals surface area (Å²) >= 11 is 0. The molecule has 34 heavy (non-hydrogen) atoms. The van der Waals surface area contributed by atoms with Crippen molar-refractivity contribution in [2.45, 2.75) is 19.3 Å². The maximum absolute atomic E-state index is 12.8. The van der Waals surface area contributed by atoms with Crippen LogP contribution in [0.1, 0.15) is 38.3 Å². The molecule has 2 aromatic carbocycles. The lowest BCUT2D eigenvalue weighted by atomic mass is 9.95. The van der Waals surface area contributed by atoms with Crippen molar-refractivity contribution in [1.29, 1.82) is 0 Å². The van der Waals surface area contributed by atoms with Gasteiger partial charge >= 0.3 is 5.97 Å². The van der Waals surface area contributed by atoms with Gasteiger partial charge in [-0.15, -0.1) is 0 Å². The number of anilines is 2. The number of Topliss-reactive ketones (excluding diaryl/α,β-unsaturated/α-hetero) is 1. The van der Waals surface area contributed by atoms with Crippen molar-refractivity contribution in [2.75, 3.05) is 49.3 Å². The molecule has 1 saturated heterocycles. The summed E-state index contributed by atoms with van der Waals surface area (Å²) in [4.78, 5) is 52.2. The number of rotatable bonds is 6. The summed E-state index contributed by atoms with van der Waals surface area (Å²) in [6.45, 7) is 2.18. The van der Waals surface area contributed by atoms with Gasteiger partial charge in [-0.3, -0.25) is 19.7 Å². The zero-order chi connectivity index (χ0) is 23.8. The molecule has 0 N–H and O–H groups in total. The van der Waals surface area contributed by atoms with E-state index in [0.29, 0.717) is 44.1 Å². The van der Waals surface area contributed by atoms with E-state index in [9.17, 15) is 24.5 Å². The smallest absolute Gasteiger partial charge is 0.338 e. The number of carbonyl (C=O) groups is 3. The zero-order valence-electron chi connectivity index (χ0n) is 18.5. The molecule has 10 heteroatoms. The van der Waals surface area contributed by atoms with E-state index in [1.807, 2.05) is 4.90 Å². The number of ether oxygens (including phenoxy) is 2. The Bertz CT molecular complexity index is 1200. The molecule has 2 aromatic rings. The number of nitro benzene ring substituents is 1. The van der Waals surface area contributed by atoms with Crippen LogP contribution >= 0.6 is 0 Å². The van der Waals surface area contributed by atoms with Crippen LogP contribution < -0.4 is 9.80 Å². The minimum absolute atomic E-state index is 0.00166. The van der Waals surface area contributed by atoms with Crippen molar-refractivity contribution in [1.82, 2.24) is 0 Å². The fraction of sp³-hybridized carbons (Fsp3) is 0.375. The highest BCUT2D eigenvalue weighted by Gasteiger charge is 2.33. The quantitative estimate of drug-likeness (QED) is 0.276. The van der Waals surface area contributed by atoms with Gasteiger partial charge in [0.05, 0.1) is 35.8 Å². The Morgan fingerprint density at radius 1 is 1.06 bits per heavy atom. The average Bonchev–Trinajstić information content (AvgIpc) is 3.18. The summed E-state index contributed by atoms with van der Waals surface area (Å²) < 4.78 is 10.5. The first-order valence-electron chi connectivity index (χ1n) is 11.2. The van der Waals surface area contributed by atoms with Crippen LogP contribution in [0.15, 0.2) is 30.3 Å². The normalized spacial score (nSPS) is 16.9. The third-order valence-electron chi connectivity index (χ3n) is 6.42. The van der Waals surface area contributed by atoms with E-state index in [-0.39, 0.29) is 29.4 Å². The van der Waals surface area contributed by atoms with Crippen LogP contribution in [0.5, 0.6) is 0 Å². The van der Waals surface area contributed by atoms with E-state index in [4.69, 9.17) is 9.47 Å². The largest absolute Gasteiger partial charge is 0.454 e. The summed E-state index contributed by atoms with van der Waals surface area (Å²) in [6.07, 6.45) is 1.89. The van der Waals surface area contributed by atoms with Crippen LogP contribution in [-0.4, -0.2) is 62.0 Å². The molecule has 0 bridgehead atoms. The summed E-state index contributed by atoms with van der Waals surface area (Å²) in [5.74, 6) is -1.16. The number of hydrogen-bond donors (Lipinski definition) is 0. The lowest BCUT2D eigenvalue weighted by molar-refractivity contribution is -0.384. The first-order chi connectivity index (χ1) is 16.4. The third kappa shape index (κ3) is 4.01. The van der Waals surface area contributed by atoms with Crippen LogP contribution in [0.3, 0.4) is 0 Å². The predicted molar refractivity (Wildman–Crippen MR) is 122 cm³/mol. The molecule has 0 saturated carbocycles. The fourth-order valence-electron chi connectivity index (χ4n) is 4.81. The van der Waals surface area contributed by atoms with E-state index in [1.54, 1.807) is 17.0 Å². The monoisotopic (exact) mass is 465 g/mol. The molecular weight excluding hydrogens is 442 g/mol. The molecule has 3 aliphatic heterocycles. The van der Waals surface area contributed by atoms with Gasteiger partial charge in [0, 0.05) is 31.3 Å². The molecule has 10 nitrogen and oxygen atoms in total.